The van der Waals surface area contributed by atoms with Crippen LogP contribution in [0.5, 0.6) is 0 Å². The van der Waals surface area contributed by atoms with E-state index in [1.165, 1.54) is 35.1 Å². The summed E-state index contributed by atoms with van der Waals surface area (Å²) in [7, 11) is 1.82. The molecule has 1 fully saturated rings. The molecule has 0 aliphatic heterocycles. The molecule has 4 nitrogen and oxygen atoms in total. The van der Waals surface area contributed by atoms with Crippen molar-refractivity contribution < 1.29 is 9.90 Å². The average molecular weight is 324 g/mol. The highest BCUT2D eigenvalue weighted by molar-refractivity contribution is 7.11. The molecule has 1 saturated carbocycles. The maximum absolute atomic E-state index is 11.1. The lowest BCUT2D eigenvalue weighted by Gasteiger charge is -2.07. The number of carboxylic acid groups (broad SMARTS) is 1. The van der Waals surface area contributed by atoms with Crippen LogP contribution >= 0.6 is 11.3 Å². The number of thiazole rings is 1. The van der Waals surface area contributed by atoms with Crippen molar-refractivity contribution in [2.24, 2.45) is 12.0 Å². The van der Waals surface area contributed by atoms with Gasteiger partial charge in [0.1, 0.15) is 4.88 Å². The molecule has 0 unspecified atom stereocenters. The Bertz CT molecular complexity index is 980. The van der Waals surface area contributed by atoms with Crippen LogP contribution in [-0.2, 0) is 7.05 Å². The summed E-state index contributed by atoms with van der Waals surface area (Å²) in [5, 5.41) is 11.5. The first-order valence-electron chi connectivity index (χ1n) is 7.59. The number of hydrogen-bond acceptors (Lipinski definition) is 3. The Morgan fingerprint density at radius 3 is 2.61 bits per heavy atom. The van der Waals surface area contributed by atoms with Gasteiger partial charge in [0.25, 0.3) is 0 Å². The quantitative estimate of drug-likeness (QED) is 0.790. The van der Waals surface area contributed by atoms with Gasteiger partial charge in [-0.15, -0.1) is 0 Å². The van der Waals surface area contributed by atoms with Crippen molar-refractivity contribution in [2.45, 2.75) is 18.8 Å². The van der Waals surface area contributed by atoms with Crippen LogP contribution in [0.2, 0.25) is 0 Å². The molecule has 0 amide bonds. The maximum atomic E-state index is 11.1. The topological polar surface area (TPSA) is 54.6 Å². The van der Waals surface area contributed by atoms with E-state index in [-0.39, 0.29) is 0 Å². The zero-order valence-electron chi connectivity index (χ0n) is 12.7. The van der Waals surface area contributed by atoms with Crippen molar-refractivity contribution in [1.29, 1.82) is 0 Å². The van der Waals surface area contributed by atoms with Gasteiger partial charge in [0, 0.05) is 18.6 Å². The van der Waals surface area contributed by atoms with Gasteiger partial charge in [-0.1, -0.05) is 41.7 Å². The number of carbonyl (C=O) groups is 1. The Balaban J connectivity index is 1.91. The predicted octanol–water partition coefficient (Wildman–Crippen LogP) is 4.05. The van der Waals surface area contributed by atoms with Crippen LogP contribution in [-0.4, -0.2) is 15.6 Å². The molecule has 1 heterocycles. The third-order valence-corrected chi connectivity index (χ3v) is 5.25. The summed E-state index contributed by atoms with van der Waals surface area (Å²) in [5.74, 6) is -0.230. The fourth-order valence-corrected chi connectivity index (χ4v) is 3.72. The Morgan fingerprint density at radius 1 is 1.22 bits per heavy atom. The lowest BCUT2D eigenvalue weighted by molar-refractivity contribution is 0.0701. The number of benzene rings is 2. The molecule has 0 radical (unpaired) electrons. The number of aromatic carboxylic acids is 1. The van der Waals surface area contributed by atoms with Crippen LogP contribution in [0.3, 0.4) is 0 Å². The third kappa shape index (κ3) is 2.57. The first kappa shape index (κ1) is 14.2. The minimum Gasteiger partial charge on any atom is -0.477 e. The molecule has 23 heavy (non-hydrogen) atoms. The molecular formula is C18H16N2O2S. The van der Waals surface area contributed by atoms with Crippen molar-refractivity contribution in [1.82, 2.24) is 4.57 Å². The SMILES string of the molecule is Cn1cc(C(=O)O)s/c1=N\c1ccc(C2CC2)c2ccccc12. The molecule has 0 atom stereocenters. The normalized spacial score (nSPS) is 15.3. The molecule has 0 spiro atoms. The molecule has 1 aliphatic rings. The minimum atomic E-state index is -0.916. The van der Waals surface area contributed by atoms with E-state index in [1.54, 1.807) is 10.8 Å². The molecule has 2 aromatic carbocycles. The van der Waals surface area contributed by atoms with Crippen molar-refractivity contribution in [3.05, 3.63) is 57.8 Å². The highest BCUT2D eigenvalue weighted by atomic mass is 32.1. The Hall–Kier alpha value is -2.40. The Labute approximate surface area is 137 Å². The molecule has 1 N–H and O–H groups in total. The van der Waals surface area contributed by atoms with Gasteiger partial charge in [-0.05, 0) is 35.8 Å². The number of hydrogen-bond donors (Lipinski definition) is 1. The Kier molecular flexibility index (Phi) is 3.31. The van der Waals surface area contributed by atoms with Crippen LogP contribution in [0.1, 0.15) is 34.0 Å². The standard InChI is InChI=1S/C18H16N2O2S/c1-20-10-16(17(21)22)23-18(20)19-15-9-8-12(11-6-7-11)13-4-2-3-5-14(13)15/h2-5,8-11H,6-7H2,1H3,(H,21,22)/b19-18-. The molecule has 116 valence electrons. The van der Waals surface area contributed by atoms with Crippen molar-refractivity contribution >= 4 is 33.8 Å². The van der Waals surface area contributed by atoms with Gasteiger partial charge in [0.05, 0.1) is 5.69 Å². The van der Waals surface area contributed by atoms with E-state index in [9.17, 15) is 4.79 Å². The fourth-order valence-electron chi connectivity index (χ4n) is 2.89. The summed E-state index contributed by atoms with van der Waals surface area (Å²) in [5.41, 5.74) is 2.29. The molecule has 1 aromatic heterocycles. The van der Waals surface area contributed by atoms with E-state index in [1.807, 2.05) is 13.1 Å². The third-order valence-electron chi connectivity index (χ3n) is 4.19. The summed E-state index contributed by atoms with van der Waals surface area (Å²) in [4.78, 5) is 16.8. The molecule has 1 aliphatic carbocycles. The second kappa shape index (κ2) is 5.35. The average Bonchev–Trinajstić information content (AvgIpc) is 3.32. The second-order valence-corrected chi connectivity index (χ2v) is 6.91. The van der Waals surface area contributed by atoms with Gasteiger partial charge in [-0.25, -0.2) is 9.79 Å². The zero-order valence-corrected chi connectivity index (χ0v) is 13.5. The molecule has 5 heteroatoms. The highest BCUT2D eigenvalue weighted by Gasteiger charge is 2.25. The number of fused-ring (bicyclic) bond motifs is 1. The fraction of sp³-hybridized carbons (Fsp3) is 0.222. The lowest BCUT2D eigenvalue weighted by Crippen LogP contribution is -2.08. The van der Waals surface area contributed by atoms with Gasteiger partial charge in [-0.3, -0.25) is 0 Å². The highest BCUT2D eigenvalue weighted by Crippen LogP contribution is 2.44. The number of carboxylic acids is 1. The number of rotatable bonds is 3. The summed E-state index contributed by atoms with van der Waals surface area (Å²) in [6, 6.07) is 12.5. The van der Waals surface area contributed by atoms with E-state index >= 15 is 0 Å². The number of aryl methyl sites for hydroxylation is 1. The van der Waals surface area contributed by atoms with E-state index in [4.69, 9.17) is 10.1 Å². The number of nitrogens with zero attached hydrogens (tertiary/aromatic N) is 2. The van der Waals surface area contributed by atoms with Gasteiger partial charge in [0.2, 0.25) is 0 Å². The van der Waals surface area contributed by atoms with Crippen molar-refractivity contribution in [2.75, 3.05) is 0 Å². The van der Waals surface area contributed by atoms with Crippen LogP contribution in [0.15, 0.2) is 47.6 Å². The van der Waals surface area contributed by atoms with Crippen molar-refractivity contribution in [3.8, 4) is 0 Å². The molecular weight excluding hydrogens is 308 g/mol. The largest absolute Gasteiger partial charge is 0.477 e. The van der Waals surface area contributed by atoms with Crippen LogP contribution in [0.25, 0.3) is 10.8 Å². The van der Waals surface area contributed by atoms with E-state index in [0.29, 0.717) is 15.6 Å². The number of aromatic nitrogens is 1. The first-order chi connectivity index (χ1) is 11.1. The van der Waals surface area contributed by atoms with Crippen LogP contribution in [0.4, 0.5) is 5.69 Å². The summed E-state index contributed by atoms with van der Waals surface area (Å²) in [6.45, 7) is 0. The summed E-state index contributed by atoms with van der Waals surface area (Å²) < 4.78 is 1.76. The lowest BCUT2D eigenvalue weighted by atomic mass is 10.00. The minimum absolute atomic E-state index is 0.296. The van der Waals surface area contributed by atoms with E-state index in [2.05, 4.69) is 30.3 Å². The second-order valence-electron chi connectivity index (χ2n) is 5.90. The first-order valence-corrected chi connectivity index (χ1v) is 8.41. The van der Waals surface area contributed by atoms with Gasteiger partial charge in [0.15, 0.2) is 4.80 Å². The van der Waals surface area contributed by atoms with Gasteiger partial charge >= 0.3 is 5.97 Å². The van der Waals surface area contributed by atoms with Crippen LogP contribution < -0.4 is 4.80 Å². The maximum Gasteiger partial charge on any atom is 0.347 e. The Morgan fingerprint density at radius 2 is 1.96 bits per heavy atom. The van der Waals surface area contributed by atoms with E-state index in [0.717, 1.165) is 11.1 Å². The van der Waals surface area contributed by atoms with E-state index < -0.39 is 5.97 Å². The monoisotopic (exact) mass is 324 g/mol. The van der Waals surface area contributed by atoms with Gasteiger partial charge in [-0.2, -0.15) is 0 Å². The van der Waals surface area contributed by atoms with Crippen molar-refractivity contribution in [3.63, 3.8) is 0 Å². The predicted molar refractivity (Wildman–Crippen MR) is 91.4 cm³/mol. The molecule has 0 saturated heterocycles. The zero-order chi connectivity index (χ0) is 16.0. The summed E-state index contributed by atoms with van der Waals surface area (Å²) in [6.07, 6.45) is 4.14. The molecule has 0 bridgehead atoms. The molecule has 3 aromatic rings. The van der Waals surface area contributed by atoms with Gasteiger partial charge < -0.3 is 9.67 Å². The van der Waals surface area contributed by atoms with Crippen LogP contribution in [0, 0.1) is 0 Å². The smallest absolute Gasteiger partial charge is 0.347 e. The summed E-state index contributed by atoms with van der Waals surface area (Å²) >= 11 is 1.19. The molecule has 4 rings (SSSR count).